The lowest BCUT2D eigenvalue weighted by molar-refractivity contribution is -0.0242. The van der Waals surface area contributed by atoms with E-state index in [1.54, 1.807) is 18.2 Å². The van der Waals surface area contributed by atoms with Crippen LogP contribution in [0.15, 0.2) is 36.9 Å². The molecule has 2 aliphatic heterocycles. The molecule has 0 unspecified atom stereocenters. The quantitative estimate of drug-likeness (QED) is 0.506. The zero-order valence-corrected chi connectivity index (χ0v) is 16.6. The molecule has 0 aliphatic carbocycles. The Labute approximate surface area is 181 Å². The second-order valence-electron chi connectivity index (χ2n) is 7.19. The van der Waals surface area contributed by atoms with Gasteiger partial charge >= 0.3 is 5.97 Å². The van der Waals surface area contributed by atoms with E-state index in [1.807, 2.05) is 0 Å². The van der Waals surface area contributed by atoms with E-state index >= 15 is 0 Å². The van der Waals surface area contributed by atoms with Crippen molar-refractivity contribution in [3.63, 3.8) is 0 Å². The number of hydrogen-bond donors (Lipinski definition) is 1. The highest BCUT2D eigenvalue weighted by Crippen LogP contribution is 2.33. The van der Waals surface area contributed by atoms with E-state index in [2.05, 4.69) is 26.5 Å². The van der Waals surface area contributed by atoms with Crippen molar-refractivity contribution in [3.8, 4) is 29.5 Å². The Morgan fingerprint density at radius 1 is 1.25 bits per heavy atom. The van der Waals surface area contributed by atoms with Crippen molar-refractivity contribution in [1.29, 1.82) is 0 Å². The molecule has 12 heteroatoms. The molecule has 2 fully saturated rings. The Morgan fingerprint density at radius 3 is 2.78 bits per heavy atom. The number of fused-ring (bicyclic) bond motifs is 1. The number of benzene rings is 1. The maximum absolute atomic E-state index is 11.2. The summed E-state index contributed by atoms with van der Waals surface area (Å²) in [6.45, 7) is 0.887. The molecule has 2 saturated heterocycles. The second kappa shape index (κ2) is 8.39. The third-order valence-electron chi connectivity index (χ3n) is 5.25. The number of ether oxygens (including phenoxy) is 4. The molecule has 4 heterocycles. The SMILES string of the molecule is C#CCO[C@H]1CO[C@H]2[C@@H]1OC[C@@H]2Oc1ccc(-n2cc(C(=O)O)cn2)cc1-n1cnnn1. The predicted molar refractivity (Wildman–Crippen MR) is 106 cm³/mol. The summed E-state index contributed by atoms with van der Waals surface area (Å²) in [6.07, 6.45) is 8.22. The van der Waals surface area contributed by atoms with Crippen LogP contribution in [0.25, 0.3) is 11.4 Å². The topological polar surface area (TPSA) is 136 Å². The lowest BCUT2D eigenvalue weighted by Gasteiger charge is -2.20. The molecule has 1 aromatic carbocycles. The van der Waals surface area contributed by atoms with Crippen LogP contribution in [0, 0.1) is 12.3 Å². The molecule has 5 rings (SSSR count). The van der Waals surface area contributed by atoms with Gasteiger partial charge in [-0.25, -0.2) is 9.48 Å². The summed E-state index contributed by atoms with van der Waals surface area (Å²) in [5.74, 6) is 1.89. The first kappa shape index (κ1) is 20.1. The van der Waals surface area contributed by atoms with Crippen LogP contribution in [-0.2, 0) is 14.2 Å². The summed E-state index contributed by atoms with van der Waals surface area (Å²) < 4.78 is 26.5. The molecule has 0 bridgehead atoms. The Morgan fingerprint density at radius 2 is 2.06 bits per heavy atom. The second-order valence-corrected chi connectivity index (χ2v) is 7.19. The van der Waals surface area contributed by atoms with Crippen molar-refractivity contribution in [2.45, 2.75) is 24.4 Å². The maximum atomic E-state index is 11.2. The smallest absolute Gasteiger partial charge is 0.338 e. The standard InChI is InChI=1S/C20H18N6O6/c1-2-5-29-16-9-30-19-17(10-31-18(16)19)32-15-4-3-13(6-14(15)26-11-21-23-24-26)25-8-12(7-22-25)20(27)28/h1,3-4,6-8,11,16-19H,5,9-10H2,(H,27,28)/t16-,17-,18+,19+/m0/s1. The monoisotopic (exact) mass is 438 g/mol. The van der Waals surface area contributed by atoms with Crippen molar-refractivity contribution >= 4 is 5.97 Å². The fourth-order valence-corrected chi connectivity index (χ4v) is 3.76. The minimum atomic E-state index is -1.06. The molecule has 0 spiro atoms. The number of carbonyl (C=O) groups is 1. The van der Waals surface area contributed by atoms with Crippen molar-refractivity contribution in [2.24, 2.45) is 0 Å². The van der Waals surface area contributed by atoms with Crippen LogP contribution in [0.2, 0.25) is 0 Å². The van der Waals surface area contributed by atoms with Crippen molar-refractivity contribution in [3.05, 3.63) is 42.5 Å². The highest BCUT2D eigenvalue weighted by molar-refractivity contribution is 5.87. The first-order valence-electron chi connectivity index (χ1n) is 9.74. The number of aromatic carboxylic acids is 1. The van der Waals surface area contributed by atoms with Gasteiger partial charge in [0.2, 0.25) is 0 Å². The molecule has 12 nitrogen and oxygen atoms in total. The van der Waals surface area contributed by atoms with E-state index in [4.69, 9.17) is 30.5 Å². The number of terminal acetylenes is 1. The van der Waals surface area contributed by atoms with Gasteiger partial charge in [0.25, 0.3) is 0 Å². The summed E-state index contributed by atoms with van der Waals surface area (Å²) >= 11 is 0. The molecular weight excluding hydrogens is 420 g/mol. The molecule has 1 N–H and O–H groups in total. The minimum absolute atomic E-state index is 0.0726. The van der Waals surface area contributed by atoms with Crippen molar-refractivity contribution in [2.75, 3.05) is 19.8 Å². The number of hydrogen-bond acceptors (Lipinski definition) is 9. The van der Waals surface area contributed by atoms with Gasteiger partial charge < -0.3 is 24.1 Å². The highest BCUT2D eigenvalue weighted by Gasteiger charge is 2.49. The fraction of sp³-hybridized carbons (Fsp3) is 0.350. The Hall–Kier alpha value is -3.79. The molecule has 3 aromatic rings. The van der Waals surface area contributed by atoms with Gasteiger partial charge in [-0.3, -0.25) is 0 Å². The zero-order chi connectivity index (χ0) is 22.1. The van der Waals surface area contributed by atoms with E-state index in [1.165, 1.54) is 28.1 Å². The van der Waals surface area contributed by atoms with E-state index in [0.29, 0.717) is 30.3 Å². The molecule has 0 saturated carbocycles. The average Bonchev–Trinajstić information content (AvgIpc) is 3.59. The lowest BCUT2D eigenvalue weighted by atomic mass is 10.1. The van der Waals surface area contributed by atoms with Crippen LogP contribution in [0.3, 0.4) is 0 Å². The van der Waals surface area contributed by atoms with Gasteiger partial charge in [-0.05, 0) is 28.6 Å². The van der Waals surface area contributed by atoms with Gasteiger partial charge in [-0.2, -0.15) is 9.78 Å². The van der Waals surface area contributed by atoms with Gasteiger partial charge in [0, 0.05) is 6.20 Å². The van der Waals surface area contributed by atoms with Gasteiger partial charge in [0.05, 0.1) is 30.7 Å². The summed E-state index contributed by atoms with van der Waals surface area (Å²) in [4.78, 5) is 11.2. The summed E-state index contributed by atoms with van der Waals surface area (Å²) in [7, 11) is 0. The Kier molecular flexibility index (Phi) is 5.28. The first-order chi connectivity index (χ1) is 15.6. The summed E-state index contributed by atoms with van der Waals surface area (Å²) in [6, 6.07) is 5.23. The number of rotatable bonds is 7. The molecule has 0 amide bonds. The van der Waals surface area contributed by atoms with E-state index < -0.39 is 5.97 Å². The maximum Gasteiger partial charge on any atom is 0.338 e. The largest absolute Gasteiger partial charge is 0.483 e. The zero-order valence-electron chi connectivity index (χ0n) is 16.6. The molecule has 164 valence electrons. The molecule has 0 radical (unpaired) electrons. The molecule has 2 aromatic heterocycles. The molecular formula is C20H18N6O6. The molecule has 2 aliphatic rings. The number of tetrazole rings is 1. The number of aromatic nitrogens is 6. The minimum Gasteiger partial charge on any atom is -0.483 e. The van der Waals surface area contributed by atoms with Crippen LogP contribution in [0.4, 0.5) is 0 Å². The van der Waals surface area contributed by atoms with Crippen LogP contribution in [0.5, 0.6) is 5.75 Å². The fourth-order valence-electron chi connectivity index (χ4n) is 3.76. The van der Waals surface area contributed by atoms with Crippen LogP contribution >= 0.6 is 0 Å². The third-order valence-corrected chi connectivity index (χ3v) is 5.25. The summed E-state index contributed by atoms with van der Waals surface area (Å²) in [5.41, 5.74) is 1.22. The van der Waals surface area contributed by atoms with Gasteiger partial charge in [0.15, 0.2) is 6.10 Å². The lowest BCUT2D eigenvalue weighted by Crippen LogP contribution is -2.35. The summed E-state index contributed by atoms with van der Waals surface area (Å²) in [5, 5.41) is 24.6. The third kappa shape index (κ3) is 3.69. The van der Waals surface area contributed by atoms with Crippen LogP contribution < -0.4 is 4.74 Å². The normalized spacial score (nSPS) is 24.2. The average molecular weight is 438 g/mol. The van der Waals surface area contributed by atoms with Crippen molar-refractivity contribution in [1.82, 2.24) is 30.0 Å². The Balaban J connectivity index is 1.41. The van der Waals surface area contributed by atoms with Crippen molar-refractivity contribution < 1.29 is 28.8 Å². The van der Waals surface area contributed by atoms with E-state index in [9.17, 15) is 4.79 Å². The van der Waals surface area contributed by atoms with E-state index in [-0.39, 0.29) is 36.6 Å². The number of carboxylic acids is 1. The number of carboxylic acid groups (broad SMARTS) is 1. The molecule has 4 atom stereocenters. The predicted octanol–water partition coefficient (Wildman–Crippen LogP) is 0.110. The van der Waals surface area contributed by atoms with Crippen LogP contribution in [-0.4, -0.2) is 85.3 Å². The van der Waals surface area contributed by atoms with Crippen LogP contribution in [0.1, 0.15) is 10.4 Å². The Bertz CT molecular complexity index is 1160. The molecule has 32 heavy (non-hydrogen) atoms. The van der Waals surface area contributed by atoms with Gasteiger partial charge in [0.1, 0.15) is 42.7 Å². The highest BCUT2D eigenvalue weighted by atomic mass is 16.6. The number of nitrogens with zero attached hydrogens (tertiary/aromatic N) is 6. The van der Waals surface area contributed by atoms with E-state index in [0.717, 1.165) is 0 Å². The van der Waals surface area contributed by atoms with Gasteiger partial charge in [-0.1, -0.05) is 5.92 Å². The van der Waals surface area contributed by atoms with Gasteiger partial charge in [-0.15, -0.1) is 11.5 Å². The first-order valence-corrected chi connectivity index (χ1v) is 9.74.